The smallest absolute Gasteiger partial charge is 0.339 e. The number of carbonyl (C=O) groups excluding carboxylic acids is 3. The van der Waals surface area contributed by atoms with Crippen LogP contribution in [0.25, 0.3) is 0 Å². The van der Waals surface area contributed by atoms with Crippen LogP contribution in [0.3, 0.4) is 0 Å². The molecule has 0 saturated heterocycles. The Hall–Kier alpha value is -2.37. The minimum absolute atomic E-state index is 0.114. The fourth-order valence-electron chi connectivity index (χ4n) is 3.98. The minimum Gasteiger partial charge on any atom is -0.458 e. The molecule has 3 rings (SSSR count). The van der Waals surface area contributed by atoms with E-state index in [-0.39, 0.29) is 42.1 Å². The van der Waals surface area contributed by atoms with Crippen LogP contribution in [0.2, 0.25) is 0 Å². The Labute approximate surface area is 159 Å². The Morgan fingerprint density at radius 1 is 1.22 bits per heavy atom. The molecule has 6 nitrogen and oxygen atoms in total. The van der Waals surface area contributed by atoms with Crippen LogP contribution in [-0.2, 0) is 28.6 Å². The van der Waals surface area contributed by atoms with E-state index in [9.17, 15) is 14.4 Å². The highest BCUT2D eigenvalue weighted by Gasteiger charge is 2.51. The standard InChI is InChI=1S/C21H26O6/c1-6-17(22)25-16-9-13-8-15-14(11(3)20(24)26-15)10-21(13,5)12(4)19(16)27-18(23)7-2/h8-9,12,16,19H,6-7,10H2,1-5H3/t12-,16-,19+,21+/m0/s1. The molecule has 0 amide bonds. The van der Waals surface area contributed by atoms with Gasteiger partial charge in [-0.3, -0.25) is 9.59 Å². The molecule has 0 spiro atoms. The van der Waals surface area contributed by atoms with E-state index >= 15 is 0 Å². The second-order valence-corrected chi connectivity index (χ2v) is 7.62. The molecule has 1 aliphatic heterocycles. The van der Waals surface area contributed by atoms with Crippen molar-refractivity contribution in [1.82, 2.24) is 0 Å². The molecule has 6 heteroatoms. The molecule has 27 heavy (non-hydrogen) atoms. The van der Waals surface area contributed by atoms with Gasteiger partial charge >= 0.3 is 17.9 Å². The SMILES string of the molecule is CCC(=O)O[C@H]1[C@@H](OC(=O)CC)C=C2C=C3OC(=O)C(C)=C3C[C@]2(C)[C@H]1C. The van der Waals surface area contributed by atoms with Gasteiger partial charge in [-0.15, -0.1) is 0 Å². The van der Waals surface area contributed by atoms with Gasteiger partial charge in [0.25, 0.3) is 0 Å². The number of esters is 3. The summed E-state index contributed by atoms with van der Waals surface area (Å²) in [5.74, 6) is -0.548. The molecule has 2 aliphatic carbocycles. The highest BCUT2D eigenvalue weighted by atomic mass is 16.6. The molecule has 0 radical (unpaired) electrons. The van der Waals surface area contributed by atoms with E-state index in [1.165, 1.54) is 0 Å². The van der Waals surface area contributed by atoms with E-state index in [0.717, 1.165) is 11.1 Å². The first-order valence-corrected chi connectivity index (χ1v) is 9.46. The van der Waals surface area contributed by atoms with Crippen LogP contribution in [0.1, 0.15) is 53.9 Å². The molecule has 0 bridgehead atoms. The molecular weight excluding hydrogens is 348 g/mol. The van der Waals surface area contributed by atoms with Gasteiger partial charge in [0.1, 0.15) is 11.9 Å². The van der Waals surface area contributed by atoms with E-state index in [2.05, 4.69) is 6.92 Å². The van der Waals surface area contributed by atoms with Gasteiger partial charge in [-0.1, -0.05) is 27.7 Å². The molecule has 0 aromatic heterocycles. The quantitative estimate of drug-likeness (QED) is 0.554. The maximum atomic E-state index is 12.0. The van der Waals surface area contributed by atoms with E-state index in [1.54, 1.807) is 20.8 Å². The predicted octanol–water partition coefficient (Wildman–Crippen LogP) is 3.37. The molecule has 0 N–H and O–H groups in total. The normalized spacial score (nSPS) is 32.0. The molecule has 0 aromatic rings. The summed E-state index contributed by atoms with van der Waals surface area (Å²) in [4.78, 5) is 35.9. The lowest BCUT2D eigenvalue weighted by Gasteiger charge is -2.48. The lowest BCUT2D eigenvalue weighted by Crippen LogP contribution is -2.50. The number of allylic oxidation sites excluding steroid dienone is 3. The molecular formula is C21H26O6. The maximum absolute atomic E-state index is 12.0. The minimum atomic E-state index is -0.661. The third kappa shape index (κ3) is 3.22. The molecule has 0 saturated carbocycles. The third-order valence-electron chi connectivity index (χ3n) is 6.03. The molecule has 146 valence electrons. The van der Waals surface area contributed by atoms with Crippen LogP contribution >= 0.6 is 0 Å². The van der Waals surface area contributed by atoms with Crippen molar-refractivity contribution < 1.29 is 28.6 Å². The van der Waals surface area contributed by atoms with Crippen molar-refractivity contribution >= 4 is 17.9 Å². The first-order valence-electron chi connectivity index (χ1n) is 9.46. The fourth-order valence-corrected chi connectivity index (χ4v) is 3.98. The van der Waals surface area contributed by atoms with Gasteiger partial charge in [0.2, 0.25) is 0 Å². The number of hydrogen-bond donors (Lipinski definition) is 0. The van der Waals surface area contributed by atoms with Crippen LogP contribution in [0.5, 0.6) is 0 Å². The zero-order chi connectivity index (χ0) is 19.9. The first-order chi connectivity index (χ1) is 12.7. The van der Waals surface area contributed by atoms with Crippen molar-refractivity contribution in [3.63, 3.8) is 0 Å². The second kappa shape index (κ2) is 6.98. The Balaban J connectivity index is 2.05. The topological polar surface area (TPSA) is 78.9 Å². The summed E-state index contributed by atoms with van der Waals surface area (Å²) in [7, 11) is 0. The zero-order valence-corrected chi connectivity index (χ0v) is 16.5. The van der Waals surface area contributed by atoms with Crippen molar-refractivity contribution in [2.75, 3.05) is 0 Å². The van der Waals surface area contributed by atoms with Gasteiger partial charge in [-0.2, -0.15) is 0 Å². The van der Waals surface area contributed by atoms with E-state index in [4.69, 9.17) is 14.2 Å². The van der Waals surface area contributed by atoms with E-state index in [0.29, 0.717) is 17.8 Å². The fraction of sp³-hybridized carbons (Fsp3) is 0.571. The average molecular weight is 374 g/mol. The molecule has 3 aliphatic rings. The van der Waals surface area contributed by atoms with Crippen molar-refractivity contribution in [2.45, 2.75) is 66.1 Å². The van der Waals surface area contributed by atoms with E-state index in [1.807, 2.05) is 19.1 Å². The molecule has 1 heterocycles. The van der Waals surface area contributed by atoms with Gasteiger partial charge in [-0.05, 0) is 31.1 Å². The Morgan fingerprint density at radius 2 is 1.85 bits per heavy atom. The van der Waals surface area contributed by atoms with Crippen LogP contribution < -0.4 is 0 Å². The zero-order valence-electron chi connectivity index (χ0n) is 16.5. The van der Waals surface area contributed by atoms with Gasteiger partial charge < -0.3 is 14.2 Å². The highest BCUT2D eigenvalue weighted by Crippen LogP contribution is 2.54. The number of ether oxygens (including phenoxy) is 3. The van der Waals surface area contributed by atoms with Crippen LogP contribution in [-0.4, -0.2) is 30.1 Å². The number of hydrogen-bond acceptors (Lipinski definition) is 6. The molecule has 0 fully saturated rings. The van der Waals surface area contributed by atoms with Crippen LogP contribution in [0, 0.1) is 11.3 Å². The Kier molecular flexibility index (Phi) is 5.02. The maximum Gasteiger partial charge on any atom is 0.339 e. The summed E-state index contributed by atoms with van der Waals surface area (Å²) in [5, 5.41) is 0. The predicted molar refractivity (Wildman–Crippen MR) is 97.2 cm³/mol. The number of fused-ring (bicyclic) bond motifs is 2. The lowest BCUT2D eigenvalue weighted by molar-refractivity contribution is -0.172. The lowest BCUT2D eigenvalue weighted by atomic mass is 9.60. The summed E-state index contributed by atoms with van der Waals surface area (Å²) >= 11 is 0. The van der Waals surface area contributed by atoms with Gasteiger partial charge in [0, 0.05) is 35.3 Å². The number of rotatable bonds is 4. The molecule has 0 unspecified atom stereocenters. The van der Waals surface area contributed by atoms with Crippen molar-refractivity contribution in [3.05, 3.63) is 34.6 Å². The van der Waals surface area contributed by atoms with E-state index < -0.39 is 12.2 Å². The Bertz CT molecular complexity index is 786. The summed E-state index contributed by atoms with van der Waals surface area (Å²) in [6, 6.07) is 0. The van der Waals surface area contributed by atoms with Gasteiger partial charge in [0.15, 0.2) is 6.10 Å². The summed E-state index contributed by atoms with van der Waals surface area (Å²) < 4.78 is 16.6. The van der Waals surface area contributed by atoms with Gasteiger partial charge in [-0.25, -0.2) is 4.79 Å². The monoisotopic (exact) mass is 374 g/mol. The second-order valence-electron chi connectivity index (χ2n) is 7.62. The van der Waals surface area contributed by atoms with Crippen LogP contribution in [0.4, 0.5) is 0 Å². The summed E-state index contributed by atoms with van der Waals surface area (Å²) in [6.45, 7) is 9.31. The first kappa shape index (κ1) is 19.4. The van der Waals surface area contributed by atoms with Gasteiger partial charge in [0.05, 0.1) is 0 Å². The third-order valence-corrected chi connectivity index (χ3v) is 6.03. The molecule has 0 aromatic carbocycles. The Morgan fingerprint density at radius 3 is 2.48 bits per heavy atom. The van der Waals surface area contributed by atoms with Crippen LogP contribution in [0.15, 0.2) is 34.6 Å². The number of carbonyl (C=O) groups is 3. The van der Waals surface area contributed by atoms with Crippen molar-refractivity contribution in [2.24, 2.45) is 11.3 Å². The van der Waals surface area contributed by atoms with Crippen molar-refractivity contribution in [3.8, 4) is 0 Å². The van der Waals surface area contributed by atoms with Crippen molar-refractivity contribution in [1.29, 1.82) is 0 Å². The summed E-state index contributed by atoms with van der Waals surface area (Å²) in [5.41, 5.74) is 2.10. The molecule has 4 atom stereocenters. The largest absolute Gasteiger partial charge is 0.458 e. The summed E-state index contributed by atoms with van der Waals surface area (Å²) in [6.07, 6.45) is 3.56. The average Bonchev–Trinajstić information content (AvgIpc) is 2.91. The highest BCUT2D eigenvalue weighted by molar-refractivity contribution is 5.94.